The molecule has 1 aliphatic carbocycles. The van der Waals surface area contributed by atoms with E-state index in [-0.39, 0.29) is 48.4 Å². The second-order valence-corrected chi connectivity index (χ2v) is 12.1. The van der Waals surface area contributed by atoms with Crippen LogP contribution in [0.15, 0.2) is 60.7 Å². The number of aliphatic hydroxyl groups is 1. The molecule has 5 amide bonds. The van der Waals surface area contributed by atoms with Crippen molar-refractivity contribution in [2.24, 2.45) is 5.92 Å². The van der Waals surface area contributed by atoms with Gasteiger partial charge in [-0.3, -0.25) is 4.79 Å². The predicted molar refractivity (Wildman–Crippen MR) is 172 cm³/mol. The molecule has 234 valence electrons. The van der Waals surface area contributed by atoms with Crippen LogP contribution in [-0.4, -0.2) is 77.8 Å². The average molecular weight is 602 g/mol. The Kier molecular flexibility index (Phi) is 9.89. The number of amides is 5. The number of urea groups is 2. The molecule has 5 rings (SSSR count). The molecule has 10 heteroatoms. The van der Waals surface area contributed by atoms with Crippen molar-refractivity contribution in [3.8, 4) is 5.75 Å². The summed E-state index contributed by atoms with van der Waals surface area (Å²) in [6.45, 7) is 4.17. The fourth-order valence-electron chi connectivity index (χ4n) is 6.05. The molecular formula is C34H43N5O5. The molecule has 10 nitrogen and oxygen atoms in total. The molecule has 3 aromatic rings. The van der Waals surface area contributed by atoms with Crippen molar-refractivity contribution in [1.29, 1.82) is 0 Å². The van der Waals surface area contributed by atoms with Crippen LogP contribution in [0.3, 0.4) is 0 Å². The third-order valence-electron chi connectivity index (χ3n) is 8.71. The number of anilines is 2. The van der Waals surface area contributed by atoms with Crippen molar-refractivity contribution >= 4 is 40.1 Å². The maximum Gasteiger partial charge on any atom is 0.323 e. The topological polar surface area (TPSA) is 123 Å². The second kappa shape index (κ2) is 14.0. The van der Waals surface area contributed by atoms with Crippen LogP contribution in [0.25, 0.3) is 10.8 Å². The van der Waals surface area contributed by atoms with Gasteiger partial charge >= 0.3 is 12.1 Å². The SMILES string of the molecule is C[C@H](CO)N1C[C@H](C)[C@@H](CN(C)C(=O)NC2CCCCC2)Oc2c(NC(=O)Nc3cccc4ccccc34)cccc2C1=O. The first-order chi connectivity index (χ1) is 21.2. The molecule has 3 atom stereocenters. The molecule has 0 spiro atoms. The molecule has 2 aliphatic rings. The predicted octanol–water partition coefficient (Wildman–Crippen LogP) is 5.68. The number of aliphatic hydroxyl groups excluding tert-OH is 1. The first-order valence-corrected chi connectivity index (χ1v) is 15.5. The number of fused-ring (bicyclic) bond motifs is 2. The van der Waals surface area contributed by atoms with Gasteiger partial charge in [0.15, 0.2) is 5.75 Å². The Morgan fingerprint density at radius 1 is 1.00 bits per heavy atom. The van der Waals surface area contributed by atoms with Crippen LogP contribution in [0, 0.1) is 5.92 Å². The summed E-state index contributed by atoms with van der Waals surface area (Å²) in [5.41, 5.74) is 1.26. The zero-order chi connectivity index (χ0) is 31.2. The highest BCUT2D eigenvalue weighted by Crippen LogP contribution is 2.35. The van der Waals surface area contributed by atoms with Gasteiger partial charge in [0, 0.05) is 30.9 Å². The van der Waals surface area contributed by atoms with Gasteiger partial charge in [-0.1, -0.05) is 68.7 Å². The summed E-state index contributed by atoms with van der Waals surface area (Å²) in [6.07, 6.45) is 4.90. The van der Waals surface area contributed by atoms with Crippen LogP contribution in [0.4, 0.5) is 21.0 Å². The van der Waals surface area contributed by atoms with Crippen molar-refractivity contribution in [3.63, 3.8) is 0 Å². The number of para-hydroxylation sites is 1. The number of rotatable bonds is 7. The highest BCUT2D eigenvalue weighted by atomic mass is 16.5. The maximum absolute atomic E-state index is 13.8. The number of carbonyl (C=O) groups is 3. The van der Waals surface area contributed by atoms with Crippen LogP contribution in [0.1, 0.15) is 56.3 Å². The average Bonchev–Trinajstić information content (AvgIpc) is 3.03. The molecule has 0 aromatic heterocycles. The molecule has 1 heterocycles. The summed E-state index contributed by atoms with van der Waals surface area (Å²) < 4.78 is 6.57. The quantitative estimate of drug-likeness (QED) is 0.278. The Morgan fingerprint density at radius 2 is 1.68 bits per heavy atom. The van der Waals surface area contributed by atoms with Crippen LogP contribution < -0.4 is 20.7 Å². The third-order valence-corrected chi connectivity index (χ3v) is 8.71. The smallest absolute Gasteiger partial charge is 0.323 e. The lowest BCUT2D eigenvalue weighted by molar-refractivity contribution is 0.0368. The Hall–Kier alpha value is -4.31. The molecular weight excluding hydrogens is 558 g/mol. The summed E-state index contributed by atoms with van der Waals surface area (Å²) in [7, 11) is 1.75. The van der Waals surface area contributed by atoms with E-state index >= 15 is 0 Å². The maximum atomic E-state index is 13.8. The van der Waals surface area contributed by atoms with E-state index in [1.807, 2.05) is 49.4 Å². The molecule has 1 aliphatic heterocycles. The Morgan fingerprint density at radius 3 is 2.45 bits per heavy atom. The van der Waals surface area contributed by atoms with Gasteiger partial charge in [0.25, 0.3) is 5.91 Å². The van der Waals surface area contributed by atoms with Crippen LogP contribution in [-0.2, 0) is 0 Å². The van der Waals surface area contributed by atoms with Gasteiger partial charge in [-0.15, -0.1) is 0 Å². The van der Waals surface area contributed by atoms with Crippen molar-refractivity contribution in [2.75, 3.05) is 37.4 Å². The summed E-state index contributed by atoms with van der Waals surface area (Å²) in [5, 5.41) is 20.8. The van der Waals surface area contributed by atoms with Crippen molar-refractivity contribution in [1.82, 2.24) is 15.1 Å². The number of benzene rings is 3. The minimum absolute atomic E-state index is 0.160. The van der Waals surface area contributed by atoms with E-state index in [1.54, 1.807) is 42.0 Å². The second-order valence-electron chi connectivity index (χ2n) is 12.1. The zero-order valence-electron chi connectivity index (χ0n) is 25.7. The molecule has 0 saturated heterocycles. The van der Waals surface area contributed by atoms with Gasteiger partial charge in [0.2, 0.25) is 0 Å². The van der Waals surface area contributed by atoms with E-state index in [4.69, 9.17) is 4.74 Å². The number of ether oxygens (including phenoxy) is 1. The van der Waals surface area contributed by atoms with Gasteiger partial charge in [0.1, 0.15) is 6.10 Å². The van der Waals surface area contributed by atoms with Crippen LogP contribution >= 0.6 is 0 Å². The summed E-state index contributed by atoms with van der Waals surface area (Å²) >= 11 is 0. The molecule has 44 heavy (non-hydrogen) atoms. The zero-order valence-corrected chi connectivity index (χ0v) is 25.7. The van der Waals surface area contributed by atoms with E-state index in [0.717, 1.165) is 36.5 Å². The number of hydrogen-bond donors (Lipinski definition) is 4. The fourth-order valence-corrected chi connectivity index (χ4v) is 6.05. The number of carbonyl (C=O) groups excluding carboxylic acids is 3. The molecule has 3 aromatic carbocycles. The lowest BCUT2D eigenvalue weighted by Crippen LogP contribution is -2.52. The molecule has 1 fully saturated rings. The molecule has 0 bridgehead atoms. The van der Waals surface area contributed by atoms with E-state index < -0.39 is 18.2 Å². The summed E-state index contributed by atoms with van der Waals surface area (Å²) in [4.78, 5) is 43.5. The van der Waals surface area contributed by atoms with Gasteiger partial charge in [-0.25, -0.2) is 9.59 Å². The summed E-state index contributed by atoms with van der Waals surface area (Å²) in [5.74, 6) is -0.254. The largest absolute Gasteiger partial charge is 0.485 e. The Balaban J connectivity index is 1.41. The summed E-state index contributed by atoms with van der Waals surface area (Å²) in [6, 6.07) is 17.6. The Bertz CT molecular complexity index is 1480. The Labute approximate surface area is 258 Å². The van der Waals surface area contributed by atoms with Gasteiger partial charge < -0.3 is 35.6 Å². The van der Waals surface area contributed by atoms with Crippen molar-refractivity contribution in [3.05, 3.63) is 66.2 Å². The first kappa shape index (κ1) is 31.1. The molecule has 0 radical (unpaired) electrons. The number of hydrogen-bond acceptors (Lipinski definition) is 5. The van der Waals surface area contributed by atoms with E-state index in [0.29, 0.717) is 17.9 Å². The first-order valence-electron chi connectivity index (χ1n) is 15.5. The minimum atomic E-state index is -0.499. The highest BCUT2D eigenvalue weighted by Gasteiger charge is 2.35. The lowest BCUT2D eigenvalue weighted by atomic mass is 9.96. The normalized spacial score (nSPS) is 19.6. The highest BCUT2D eigenvalue weighted by molar-refractivity contribution is 6.08. The number of nitrogens with zero attached hydrogens (tertiary/aromatic N) is 2. The molecule has 1 saturated carbocycles. The number of nitrogens with one attached hydrogen (secondary N) is 3. The van der Waals surface area contributed by atoms with E-state index in [1.165, 1.54) is 6.42 Å². The molecule has 4 N–H and O–H groups in total. The van der Waals surface area contributed by atoms with Crippen LogP contribution in [0.5, 0.6) is 5.75 Å². The molecule has 0 unspecified atom stereocenters. The number of likely N-dealkylation sites (N-methyl/N-ethyl adjacent to an activating group) is 1. The minimum Gasteiger partial charge on any atom is -0.485 e. The van der Waals surface area contributed by atoms with E-state index in [9.17, 15) is 19.5 Å². The van der Waals surface area contributed by atoms with Crippen LogP contribution in [0.2, 0.25) is 0 Å². The van der Waals surface area contributed by atoms with Gasteiger partial charge in [-0.05, 0) is 43.4 Å². The van der Waals surface area contributed by atoms with Gasteiger partial charge in [0.05, 0.1) is 36.1 Å². The standard InChI is InChI=1S/C34H43N5O5/c1-22-19-39(23(2)21-40)32(41)27-16-10-18-29(37-33(42)36-28-17-9-12-24-11-7-8-15-26(24)28)31(27)44-30(22)20-38(3)34(43)35-25-13-5-4-6-14-25/h7-12,15-18,22-23,25,30,40H,4-6,13-14,19-21H2,1-3H3,(H,35,43)(H2,36,37,42)/t22-,23+,30+/m0/s1. The lowest BCUT2D eigenvalue weighted by Gasteiger charge is -2.38. The van der Waals surface area contributed by atoms with Crippen molar-refractivity contribution in [2.45, 2.75) is 64.1 Å². The fraction of sp³-hybridized carbons (Fsp3) is 0.441. The third kappa shape index (κ3) is 7.07. The monoisotopic (exact) mass is 601 g/mol. The van der Waals surface area contributed by atoms with E-state index in [2.05, 4.69) is 16.0 Å². The van der Waals surface area contributed by atoms with Crippen molar-refractivity contribution < 1.29 is 24.2 Å². The van der Waals surface area contributed by atoms with Gasteiger partial charge in [-0.2, -0.15) is 0 Å².